The summed E-state index contributed by atoms with van der Waals surface area (Å²) in [6, 6.07) is 2.15. The summed E-state index contributed by atoms with van der Waals surface area (Å²) in [6.45, 7) is 2.16. The van der Waals surface area contributed by atoms with E-state index in [1.165, 1.54) is 6.07 Å². The highest BCUT2D eigenvalue weighted by Gasteiger charge is 2.15. The Balaban J connectivity index is 1.53. The Bertz CT molecular complexity index is 889. The summed E-state index contributed by atoms with van der Waals surface area (Å²) in [7, 11) is 0. The Kier molecular flexibility index (Phi) is 5.29. The van der Waals surface area contributed by atoms with Crippen molar-refractivity contribution in [2.24, 2.45) is 5.10 Å². The molecule has 0 radical (unpaired) electrons. The number of carbonyl (C=O) groups excluding carboxylic acids is 2. The van der Waals surface area contributed by atoms with Crippen LogP contribution in [0.3, 0.4) is 0 Å². The first kappa shape index (κ1) is 18.0. The predicted molar refractivity (Wildman–Crippen MR) is 93.7 cm³/mol. The number of amides is 2. The predicted octanol–water partition coefficient (Wildman–Crippen LogP) is 2.46. The van der Waals surface area contributed by atoms with E-state index in [4.69, 9.17) is 0 Å². The van der Waals surface area contributed by atoms with E-state index in [9.17, 15) is 18.4 Å². The molecule has 0 fully saturated rings. The van der Waals surface area contributed by atoms with Crippen LogP contribution >= 0.6 is 0 Å². The number of rotatable bonds is 6. The average molecular weight is 362 g/mol. The molecule has 26 heavy (non-hydrogen) atoms. The van der Waals surface area contributed by atoms with Gasteiger partial charge in [-0.3, -0.25) is 9.59 Å². The number of nitrogens with zero attached hydrogens (tertiary/aromatic N) is 1. The van der Waals surface area contributed by atoms with Crippen LogP contribution in [0.2, 0.25) is 0 Å². The first-order valence-corrected chi connectivity index (χ1v) is 8.51. The van der Waals surface area contributed by atoms with Crippen LogP contribution in [-0.2, 0) is 16.0 Å². The number of fused-ring (bicyclic) bond motifs is 1. The smallest absolute Gasteiger partial charge is 0.240 e. The molecule has 0 unspecified atom stereocenters. The van der Waals surface area contributed by atoms with Crippen LogP contribution in [0.1, 0.15) is 36.9 Å². The van der Waals surface area contributed by atoms with Gasteiger partial charge < -0.3 is 10.3 Å². The summed E-state index contributed by atoms with van der Waals surface area (Å²) < 4.78 is 27.3. The molecule has 3 rings (SSSR count). The molecular weight excluding hydrogens is 342 g/mol. The van der Waals surface area contributed by atoms with Crippen LogP contribution < -0.4 is 10.7 Å². The van der Waals surface area contributed by atoms with E-state index in [1.54, 1.807) is 6.92 Å². The lowest BCUT2D eigenvalue weighted by Crippen LogP contribution is -2.28. The van der Waals surface area contributed by atoms with Gasteiger partial charge in [-0.2, -0.15) is 5.10 Å². The lowest BCUT2D eigenvalue weighted by molar-refractivity contribution is -0.121. The number of aromatic nitrogens is 1. The van der Waals surface area contributed by atoms with E-state index in [2.05, 4.69) is 20.8 Å². The zero-order valence-corrected chi connectivity index (χ0v) is 14.4. The van der Waals surface area contributed by atoms with Crippen LogP contribution in [0.4, 0.5) is 8.78 Å². The van der Waals surface area contributed by atoms with Crippen molar-refractivity contribution < 1.29 is 18.4 Å². The number of halogens is 2. The Morgan fingerprint density at radius 3 is 2.81 bits per heavy atom. The minimum atomic E-state index is -0.626. The van der Waals surface area contributed by atoms with E-state index >= 15 is 0 Å². The van der Waals surface area contributed by atoms with Gasteiger partial charge in [-0.05, 0) is 37.8 Å². The van der Waals surface area contributed by atoms with E-state index in [0.29, 0.717) is 37.6 Å². The summed E-state index contributed by atoms with van der Waals surface area (Å²) in [5.41, 5.74) is 5.03. The van der Waals surface area contributed by atoms with Gasteiger partial charge in [-0.15, -0.1) is 0 Å². The average Bonchev–Trinajstić information content (AvgIpc) is 2.91. The summed E-state index contributed by atoms with van der Waals surface area (Å²) in [5, 5.41) is 7.24. The molecule has 1 aliphatic rings. The third-order valence-electron chi connectivity index (χ3n) is 4.46. The van der Waals surface area contributed by atoms with Gasteiger partial charge in [-0.1, -0.05) is 0 Å². The summed E-state index contributed by atoms with van der Waals surface area (Å²) in [5.74, 6) is -1.49. The molecule has 0 aliphatic carbocycles. The molecule has 8 heteroatoms. The number of benzene rings is 1. The number of carbonyl (C=O) groups is 2. The van der Waals surface area contributed by atoms with E-state index in [0.717, 1.165) is 23.0 Å². The fourth-order valence-electron chi connectivity index (χ4n) is 3.09. The summed E-state index contributed by atoms with van der Waals surface area (Å²) in [4.78, 5) is 25.9. The molecule has 0 saturated carbocycles. The molecule has 0 atom stereocenters. The van der Waals surface area contributed by atoms with Crippen molar-refractivity contribution in [3.05, 3.63) is 35.0 Å². The number of hydrogen-bond donors (Lipinski definition) is 3. The van der Waals surface area contributed by atoms with Gasteiger partial charge >= 0.3 is 0 Å². The van der Waals surface area contributed by atoms with Crippen LogP contribution in [0.5, 0.6) is 0 Å². The maximum atomic E-state index is 13.8. The zero-order valence-electron chi connectivity index (χ0n) is 14.4. The summed E-state index contributed by atoms with van der Waals surface area (Å²) in [6.07, 6.45) is 2.22. The van der Waals surface area contributed by atoms with Crippen molar-refractivity contribution in [1.29, 1.82) is 0 Å². The van der Waals surface area contributed by atoms with Crippen LogP contribution in [0, 0.1) is 18.6 Å². The van der Waals surface area contributed by atoms with Gasteiger partial charge in [-0.25, -0.2) is 14.2 Å². The second-order valence-electron chi connectivity index (χ2n) is 6.35. The lowest BCUT2D eigenvalue weighted by atomic mass is 10.1. The third-order valence-corrected chi connectivity index (χ3v) is 4.46. The van der Waals surface area contributed by atoms with Crippen LogP contribution in [0.15, 0.2) is 17.2 Å². The second-order valence-corrected chi connectivity index (χ2v) is 6.35. The highest BCUT2D eigenvalue weighted by Crippen LogP contribution is 2.25. The van der Waals surface area contributed by atoms with Gasteiger partial charge in [0.2, 0.25) is 11.8 Å². The summed E-state index contributed by atoms with van der Waals surface area (Å²) >= 11 is 0. The van der Waals surface area contributed by atoms with Crippen molar-refractivity contribution in [2.75, 3.05) is 6.54 Å². The molecule has 1 aromatic carbocycles. The fraction of sp³-hybridized carbons (Fsp3) is 0.389. The Morgan fingerprint density at radius 2 is 2.08 bits per heavy atom. The van der Waals surface area contributed by atoms with Crippen molar-refractivity contribution >= 4 is 28.4 Å². The minimum Gasteiger partial charge on any atom is -0.356 e. The fourth-order valence-corrected chi connectivity index (χ4v) is 3.09. The third kappa shape index (κ3) is 4.07. The van der Waals surface area contributed by atoms with E-state index < -0.39 is 11.6 Å². The highest BCUT2D eigenvalue weighted by atomic mass is 19.1. The van der Waals surface area contributed by atoms with Crippen molar-refractivity contribution in [3.63, 3.8) is 0 Å². The Hall–Kier alpha value is -2.77. The number of aromatic amines is 1. The van der Waals surface area contributed by atoms with Crippen LogP contribution in [-0.4, -0.2) is 29.1 Å². The molecule has 2 amide bonds. The van der Waals surface area contributed by atoms with Gasteiger partial charge in [0.15, 0.2) is 0 Å². The molecule has 6 nitrogen and oxygen atoms in total. The Labute approximate surface area is 149 Å². The molecule has 2 heterocycles. The number of hydrogen-bond acceptors (Lipinski definition) is 3. The SMILES string of the molecule is Cc1[nH]c2c(F)cc(F)cc2c1CCNC(=O)CCC1=NNC(=O)CC1. The molecular formula is C18H20F2N4O2. The molecule has 1 aliphatic heterocycles. The highest BCUT2D eigenvalue weighted by molar-refractivity contribution is 5.94. The first-order valence-electron chi connectivity index (χ1n) is 8.51. The molecule has 2 aromatic rings. The largest absolute Gasteiger partial charge is 0.356 e. The van der Waals surface area contributed by atoms with Gasteiger partial charge in [0.1, 0.15) is 11.6 Å². The van der Waals surface area contributed by atoms with Crippen molar-refractivity contribution in [3.8, 4) is 0 Å². The number of H-pyrrole nitrogens is 1. The Morgan fingerprint density at radius 1 is 1.27 bits per heavy atom. The molecule has 0 bridgehead atoms. The monoisotopic (exact) mass is 362 g/mol. The quantitative estimate of drug-likeness (QED) is 0.737. The van der Waals surface area contributed by atoms with E-state index in [-0.39, 0.29) is 23.8 Å². The van der Waals surface area contributed by atoms with E-state index in [1.807, 2.05) is 0 Å². The van der Waals surface area contributed by atoms with Gasteiger partial charge in [0, 0.05) is 42.2 Å². The van der Waals surface area contributed by atoms with Crippen LogP contribution in [0.25, 0.3) is 10.9 Å². The molecule has 1 aromatic heterocycles. The lowest BCUT2D eigenvalue weighted by Gasteiger charge is -2.11. The molecule has 0 saturated heterocycles. The standard InChI is InChI=1S/C18H20F2N4O2/c1-10-13(14-8-11(19)9-15(20)18(14)22-10)6-7-21-16(25)4-2-12-3-5-17(26)24-23-12/h8-9,22H,2-7H2,1H3,(H,21,25)(H,24,26). The van der Waals surface area contributed by atoms with Gasteiger partial charge in [0.05, 0.1) is 5.52 Å². The molecule has 3 N–H and O–H groups in total. The topological polar surface area (TPSA) is 86.3 Å². The second kappa shape index (κ2) is 7.63. The number of nitrogens with one attached hydrogen (secondary N) is 3. The van der Waals surface area contributed by atoms with Crippen molar-refractivity contribution in [2.45, 2.75) is 39.0 Å². The maximum absolute atomic E-state index is 13.8. The maximum Gasteiger partial charge on any atom is 0.240 e. The van der Waals surface area contributed by atoms with Gasteiger partial charge in [0.25, 0.3) is 0 Å². The van der Waals surface area contributed by atoms with Crippen molar-refractivity contribution in [1.82, 2.24) is 15.7 Å². The number of hydrazone groups is 1. The minimum absolute atomic E-state index is 0.111. The zero-order chi connectivity index (χ0) is 18.7. The number of aryl methyl sites for hydroxylation is 1. The normalized spacial score (nSPS) is 14.3. The first-order chi connectivity index (χ1) is 12.4. The molecule has 138 valence electrons. The molecule has 0 spiro atoms.